The minimum Gasteiger partial charge on any atom is -0.480 e. The number of nitriles is 1. The molecule has 0 saturated carbocycles. The van der Waals surface area contributed by atoms with Crippen molar-refractivity contribution < 1.29 is 9.90 Å². The molecule has 1 aromatic carbocycles. The minimum absolute atomic E-state index is 0.380. The lowest BCUT2D eigenvalue weighted by Crippen LogP contribution is -2.41. The number of thioether (sulfide) groups is 1. The summed E-state index contributed by atoms with van der Waals surface area (Å²) in [6, 6.07) is 9.38. The van der Waals surface area contributed by atoms with Gasteiger partial charge in [0.15, 0.2) is 0 Å². The second-order valence-corrected chi connectivity index (χ2v) is 5.12. The lowest BCUT2D eigenvalue weighted by Gasteiger charge is -2.32. The van der Waals surface area contributed by atoms with Gasteiger partial charge in [0, 0.05) is 24.5 Å². The number of aliphatic carboxylic acids is 1. The molecule has 0 amide bonds. The monoisotopic (exact) mass is 248 g/mol. The number of carboxylic acid groups (broad SMARTS) is 1. The zero-order chi connectivity index (χ0) is 12.3. The first-order chi connectivity index (χ1) is 8.20. The molecule has 1 fully saturated rings. The molecule has 1 saturated heterocycles. The van der Waals surface area contributed by atoms with Crippen LogP contribution in [-0.2, 0) is 4.79 Å². The fourth-order valence-corrected chi connectivity index (χ4v) is 2.84. The maximum absolute atomic E-state index is 11.0. The van der Waals surface area contributed by atoms with Crippen molar-refractivity contribution in [3.05, 3.63) is 29.8 Å². The molecule has 1 unspecified atom stereocenters. The molecule has 2 rings (SSSR count). The van der Waals surface area contributed by atoms with Gasteiger partial charge >= 0.3 is 5.97 Å². The van der Waals surface area contributed by atoms with Gasteiger partial charge in [-0.25, -0.2) is 0 Å². The maximum Gasteiger partial charge on any atom is 0.318 e. The number of hydrogen-bond acceptors (Lipinski definition) is 4. The van der Waals surface area contributed by atoms with Gasteiger partial charge in [-0.2, -0.15) is 5.26 Å². The normalized spacial score (nSPS) is 19.7. The standard InChI is InChI=1S/C12H12N2O2S/c13-7-9-2-1-3-10(6-9)14-4-5-17-11(8-14)12(15)16/h1-3,6,11H,4-5,8H2,(H,15,16). The molecular weight excluding hydrogens is 236 g/mol. The highest BCUT2D eigenvalue weighted by Gasteiger charge is 2.26. The predicted octanol–water partition coefficient (Wildman–Crippen LogP) is 1.56. The van der Waals surface area contributed by atoms with Gasteiger partial charge in [-0.05, 0) is 18.2 Å². The second kappa shape index (κ2) is 5.11. The molecule has 1 aliphatic rings. The number of hydrogen-bond donors (Lipinski definition) is 1. The molecule has 1 N–H and O–H groups in total. The van der Waals surface area contributed by atoms with Crippen LogP contribution in [0.2, 0.25) is 0 Å². The Bertz CT molecular complexity index is 470. The summed E-state index contributed by atoms with van der Waals surface area (Å²) in [6.45, 7) is 1.32. The van der Waals surface area contributed by atoms with Crippen molar-refractivity contribution >= 4 is 23.4 Å². The van der Waals surface area contributed by atoms with E-state index in [4.69, 9.17) is 10.4 Å². The van der Waals surface area contributed by atoms with Crippen LogP contribution in [0.1, 0.15) is 5.56 Å². The average Bonchev–Trinajstić information content (AvgIpc) is 2.39. The van der Waals surface area contributed by atoms with Crippen LogP contribution in [0.25, 0.3) is 0 Å². The summed E-state index contributed by atoms with van der Waals surface area (Å²) in [7, 11) is 0. The summed E-state index contributed by atoms with van der Waals surface area (Å²) >= 11 is 1.47. The van der Waals surface area contributed by atoms with E-state index < -0.39 is 5.97 Å². The lowest BCUT2D eigenvalue weighted by atomic mass is 10.2. The highest BCUT2D eigenvalue weighted by Crippen LogP contribution is 2.24. The highest BCUT2D eigenvalue weighted by molar-refractivity contribution is 8.00. The van der Waals surface area contributed by atoms with Crippen LogP contribution in [0, 0.1) is 11.3 Å². The number of benzene rings is 1. The van der Waals surface area contributed by atoms with E-state index >= 15 is 0 Å². The summed E-state index contributed by atoms with van der Waals surface area (Å²) in [5.41, 5.74) is 1.53. The number of anilines is 1. The summed E-state index contributed by atoms with van der Waals surface area (Å²) in [5.74, 6) is 0.0319. The van der Waals surface area contributed by atoms with E-state index in [-0.39, 0.29) is 5.25 Å². The van der Waals surface area contributed by atoms with E-state index in [2.05, 4.69) is 6.07 Å². The number of nitrogens with zero attached hydrogens (tertiary/aromatic N) is 2. The topological polar surface area (TPSA) is 64.3 Å². The van der Waals surface area contributed by atoms with Gasteiger partial charge in [0.1, 0.15) is 5.25 Å². The molecule has 88 valence electrons. The van der Waals surface area contributed by atoms with Crippen molar-refractivity contribution in [2.45, 2.75) is 5.25 Å². The molecule has 1 heterocycles. The lowest BCUT2D eigenvalue weighted by molar-refractivity contribution is -0.136. The predicted molar refractivity (Wildman–Crippen MR) is 67.3 cm³/mol. The van der Waals surface area contributed by atoms with E-state index in [0.717, 1.165) is 18.0 Å². The Hall–Kier alpha value is -1.67. The smallest absolute Gasteiger partial charge is 0.318 e. The number of carboxylic acids is 1. The zero-order valence-electron chi connectivity index (χ0n) is 9.17. The Morgan fingerprint density at radius 3 is 3.12 bits per heavy atom. The maximum atomic E-state index is 11.0. The summed E-state index contributed by atoms with van der Waals surface area (Å²) in [6.07, 6.45) is 0. The van der Waals surface area contributed by atoms with Gasteiger partial charge in [-0.15, -0.1) is 11.8 Å². The van der Waals surface area contributed by atoms with Crippen molar-refractivity contribution in [2.24, 2.45) is 0 Å². The molecule has 1 aromatic rings. The van der Waals surface area contributed by atoms with E-state index in [1.54, 1.807) is 12.1 Å². The fraction of sp³-hybridized carbons (Fsp3) is 0.333. The second-order valence-electron chi connectivity index (χ2n) is 3.81. The Balaban J connectivity index is 2.16. The Labute approximate surface area is 104 Å². The van der Waals surface area contributed by atoms with Crippen molar-refractivity contribution in [3.8, 4) is 6.07 Å². The van der Waals surface area contributed by atoms with E-state index in [1.165, 1.54) is 11.8 Å². The van der Waals surface area contributed by atoms with Gasteiger partial charge in [0.05, 0.1) is 11.6 Å². The third-order valence-electron chi connectivity index (χ3n) is 2.68. The number of carbonyl (C=O) groups is 1. The van der Waals surface area contributed by atoms with Gasteiger partial charge in [-0.3, -0.25) is 4.79 Å². The van der Waals surface area contributed by atoms with Crippen LogP contribution in [-0.4, -0.2) is 35.2 Å². The quantitative estimate of drug-likeness (QED) is 0.860. The molecule has 4 nitrogen and oxygen atoms in total. The molecule has 0 aromatic heterocycles. The average molecular weight is 248 g/mol. The third kappa shape index (κ3) is 2.71. The van der Waals surface area contributed by atoms with Crippen molar-refractivity contribution in [1.29, 1.82) is 5.26 Å². The summed E-state index contributed by atoms with van der Waals surface area (Å²) in [4.78, 5) is 13.0. The molecule has 0 aliphatic carbocycles. The summed E-state index contributed by atoms with van der Waals surface area (Å²) in [5, 5.41) is 17.5. The summed E-state index contributed by atoms with van der Waals surface area (Å²) < 4.78 is 0. The SMILES string of the molecule is N#Cc1cccc(N2CCSC(C(=O)O)C2)c1. The van der Waals surface area contributed by atoms with Crippen LogP contribution in [0.15, 0.2) is 24.3 Å². The van der Waals surface area contributed by atoms with Crippen molar-refractivity contribution in [1.82, 2.24) is 0 Å². The van der Waals surface area contributed by atoms with E-state index in [1.807, 2.05) is 17.0 Å². The van der Waals surface area contributed by atoms with Gasteiger partial charge in [0.2, 0.25) is 0 Å². The molecule has 0 radical (unpaired) electrons. The molecule has 0 spiro atoms. The van der Waals surface area contributed by atoms with Crippen LogP contribution in [0.3, 0.4) is 0 Å². The van der Waals surface area contributed by atoms with Gasteiger partial charge < -0.3 is 10.0 Å². The largest absolute Gasteiger partial charge is 0.480 e. The highest BCUT2D eigenvalue weighted by atomic mass is 32.2. The van der Waals surface area contributed by atoms with Crippen LogP contribution in [0.4, 0.5) is 5.69 Å². The Morgan fingerprint density at radius 1 is 1.59 bits per heavy atom. The van der Waals surface area contributed by atoms with E-state index in [0.29, 0.717) is 12.1 Å². The molecular formula is C12H12N2O2S. The molecule has 17 heavy (non-hydrogen) atoms. The molecule has 1 aliphatic heterocycles. The molecule has 1 atom stereocenters. The number of rotatable bonds is 2. The first kappa shape index (κ1) is 11.8. The minimum atomic E-state index is -0.767. The first-order valence-corrected chi connectivity index (χ1v) is 6.35. The Morgan fingerprint density at radius 2 is 2.41 bits per heavy atom. The zero-order valence-corrected chi connectivity index (χ0v) is 9.98. The van der Waals surface area contributed by atoms with E-state index in [9.17, 15) is 4.79 Å². The molecule has 0 bridgehead atoms. The van der Waals surface area contributed by atoms with Crippen LogP contribution in [0.5, 0.6) is 0 Å². The molecule has 5 heteroatoms. The van der Waals surface area contributed by atoms with Gasteiger partial charge in [-0.1, -0.05) is 6.07 Å². The van der Waals surface area contributed by atoms with Crippen molar-refractivity contribution in [2.75, 3.05) is 23.7 Å². The fourth-order valence-electron chi connectivity index (χ4n) is 1.81. The van der Waals surface area contributed by atoms with Crippen LogP contribution < -0.4 is 4.90 Å². The Kier molecular flexibility index (Phi) is 3.55. The van der Waals surface area contributed by atoms with Crippen molar-refractivity contribution in [3.63, 3.8) is 0 Å². The van der Waals surface area contributed by atoms with Gasteiger partial charge in [0.25, 0.3) is 0 Å². The first-order valence-electron chi connectivity index (χ1n) is 5.30. The third-order valence-corrected chi connectivity index (χ3v) is 3.85. The van der Waals surface area contributed by atoms with Crippen LogP contribution >= 0.6 is 11.8 Å².